The number of aliphatic carboxylic acids is 1. The fourth-order valence-corrected chi connectivity index (χ4v) is 6.86. The molecular formula is C31H33BrF5N3O6S. The fraction of sp³-hybridized carbons (Fsp3) is 0.419. The normalized spacial score (nSPS) is 18.4. The van der Waals surface area contributed by atoms with Crippen molar-refractivity contribution >= 4 is 48.6 Å². The minimum atomic E-state index is -5.08. The van der Waals surface area contributed by atoms with Crippen molar-refractivity contribution in [2.45, 2.75) is 73.7 Å². The number of benzene rings is 3. The van der Waals surface area contributed by atoms with Gasteiger partial charge in [-0.25, -0.2) is 13.2 Å². The molecule has 1 aliphatic heterocycles. The second kappa shape index (κ2) is 14.8. The molecule has 0 bridgehead atoms. The molecule has 3 aromatic rings. The SMILES string of the molecule is N[C@H]1CCCN(C(=O)[C@H](NS(=O)(=O)c2ccc3cc(OC4CCCC4)ccc3c2)C(F)(F)c2ccc(Br)cc2)C1.O=C(O)C(F)(F)F. The number of piperidine rings is 1. The van der Waals surface area contributed by atoms with Crippen LogP contribution in [0.15, 0.2) is 70.0 Å². The number of rotatable bonds is 8. The maximum absolute atomic E-state index is 15.9. The van der Waals surface area contributed by atoms with Crippen LogP contribution in [0.1, 0.15) is 44.1 Å². The fourth-order valence-electron chi connectivity index (χ4n) is 5.38. The van der Waals surface area contributed by atoms with Gasteiger partial charge in [0.25, 0.3) is 5.92 Å². The highest BCUT2D eigenvalue weighted by molar-refractivity contribution is 9.10. The molecule has 9 nitrogen and oxygen atoms in total. The Hall–Kier alpha value is -3.34. The van der Waals surface area contributed by atoms with Gasteiger partial charge in [0.05, 0.1) is 11.0 Å². The lowest BCUT2D eigenvalue weighted by molar-refractivity contribution is -0.192. The van der Waals surface area contributed by atoms with Gasteiger partial charge in [-0.3, -0.25) is 4.79 Å². The second-order valence-corrected chi connectivity index (χ2v) is 14.0. The zero-order valence-electron chi connectivity index (χ0n) is 24.9. The van der Waals surface area contributed by atoms with Crippen LogP contribution < -0.4 is 15.2 Å². The second-order valence-electron chi connectivity index (χ2n) is 11.4. The highest BCUT2D eigenvalue weighted by Gasteiger charge is 2.50. The van der Waals surface area contributed by atoms with Crippen LogP contribution in [0, 0.1) is 0 Å². The smallest absolute Gasteiger partial charge is 0.490 e. The maximum Gasteiger partial charge on any atom is 0.490 e. The van der Waals surface area contributed by atoms with Gasteiger partial charge < -0.3 is 20.5 Å². The molecule has 16 heteroatoms. The van der Waals surface area contributed by atoms with E-state index in [-0.39, 0.29) is 30.1 Å². The lowest BCUT2D eigenvalue weighted by Crippen LogP contribution is -2.58. The van der Waals surface area contributed by atoms with E-state index in [0.29, 0.717) is 28.5 Å². The molecule has 2 fully saturated rings. The van der Waals surface area contributed by atoms with E-state index in [9.17, 15) is 26.4 Å². The van der Waals surface area contributed by atoms with Crippen molar-refractivity contribution in [2.75, 3.05) is 13.1 Å². The summed E-state index contributed by atoms with van der Waals surface area (Å²) >= 11 is 3.22. The number of nitrogens with zero attached hydrogens (tertiary/aromatic N) is 1. The molecule has 0 spiro atoms. The van der Waals surface area contributed by atoms with Crippen molar-refractivity contribution < 1.29 is 49.8 Å². The molecule has 2 atom stereocenters. The standard InChI is InChI=1S/C29H32BrF2N3O4S.C2HF3O2/c30-22-11-9-21(10-12-22)29(31,32)27(28(36)35-15-3-4-23(33)18-35)34-40(37,38)26-14-8-19-16-25(13-7-20(19)17-26)39-24-5-1-2-6-24;3-2(4,5)1(6)7/h7-14,16-17,23-24,27,34H,1-6,15,18,33H2;(H,6,7)/t23-,27-;/m0./s1. The van der Waals surface area contributed by atoms with Crippen LogP contribution in [0.2, 0.25) is 0 Å². The summed E-state index contributed by atoms with van der Waals surface area (Å²) in [6.45, 7) is 0.303. The number of hydrogen-bond acceptors (Lipinski definition) is 6. The van der Waals surface area contributed by atoms with Crippen LogP contribution in [0.4, 0.5) is 22.0 Å². The van der Waals surface area contributed by atoms with Crippen molar-refractivity contribution in [3.8, 4) is 5.75 Å². The van der Waals surface area contributed by atoms with Crippen LogP contribution in [0.3, 0.4) is 0 Å². The van der Waals surface area contributed by atoms with Crippen molar-refractivity contribution in [2.24, 2.45) is 5.73 Å². The summed E-state index contributed by atoms with van der Waals surface area (Å²) in [6, 6.07) is 12.2. The monoisotopic (exact) mass is 749 g/mol. The molecule has 5 rings (SSSR count). The summed E-state index contributed by atoms with van der Waals surface area (Å²) < 4.78 is 99.3. The maximum atomic E-state index is 15.9. The average molecular weight is 751 g/mol. The number of carboxylic acid groups (broad SMARTS) is 1. The number of fused-ring (bicyclic) bond motifs is 1. The van der Waals surface area contributed by atoms with Gasteiger partial charge in [-0.1, -0.05) is 40.2 Å². The molecule has 3 aromatic carbocycles. The molecule has 47 heavy (non-hydrogen) atoms. The Kier molecular flexibility index (Phi) is 11.5. The van der Waals surface area contributed by atoms with Gasteiger partial charge in [0.15, 0.2) is 6.04 Å². The number of nitrogens with one attached hydrogen (secondary N) is 1. The Morgan fingerprint density at radius 3 is 2.13 bits per heavy atom. The molecule has 1 saturated heterocycles. The van der Waals surface area contributed by atoms with Crippen LogP contribution in [-0.4, -0.2) is 67.8 Å². The topological polar surface area (TPSA) is 139 Å². The number of carbonyl (C=O) groups excluding carboxylic acids is 1. The molecule has 1 aliphatic carbocycles. The quantitative estimate of drug-likeness (QED) is 0.242. The summed E-state index contributed by atoms with van der Waals surface area (Å²) in [7, 11) is -4.53. The number of nitrogens with two attached hydrogens (primary N) is 1. The third-order valence-corrected chi connectivity index (χ3v) is 9.77. The number of ether oxygens (including phenoxy) is 1. The number of hydrogen-bond donors (Lipinski definition) is 3. The molecule has 1 heterocycles. The average Bonchev–Trinajstić information content (AvgIpc) is 3.52. The highest BCUT2D eigenvalue weighted by Crippen LogP contribution is 2.35. The Morgan fingerprint density at radius 2 is 1.53 bits per heavy atom. The Bertz CT molecular complexity index is 1690. The zero-order chi connectivity index (χ0) is 34.6. The van der Waals surface area contributed by atoms with Gasteiger partial charge in [-0.15, -0.1) is 0 Å². The van der Waals surface area contributed by atoms with Gasteiger partial charge in [0, 0.05) is 29.2 Å². The van der Waals surface area contributed by atoms with E-state index in [1.165, 1.54) is 41.3 Å². The molecule has 2 aliphatic rings. The van der Waals surface area contributed by atoms with Crippen molar-refractivity contribution in [3.05, 3.63) is 70.7 Å². The van der Waals surface area contributed by atoms with E-state index < -0.39 is 45.6 Å². The first-order valence-corrected chi connectivity index (χ1v) is 17.0. The van der Waals surface area contributed by atoms with Gasteiger partial charge in [0.2, 0.25) is 15.9 Å². The van der Waals surface area contributed by atoms with Gasteiger partial charge in [-0.05, 0) is 85.7 Å². The first kappa shape index (κ1) is 36.5. The van der Waals surface area contributed by atoms with Crippen molar-refractivity contribution in [1.29, 1.82) is 0 Å². The number of carbonyl (C=O) groups is 2. The van der Waals surface area contributed by atoms with E-state index in [0.717, 1.165) is 31.1 Å². The molecule has 4 N–H and O–H groups in total. The zero-order valence-corrected chi connectivity index (χ0v) is 27.3. The highest BCUT2D eigenvalue weighted by atomic mass is 79.9. The largest absolute Gasteiger partial charge is 0.490 e. The minimum absolute atomic E-state index is 0.0781. The van der Waals surface area contributed by atoms with Gasteiger partial charge in [-0.2, -0.15) is 26.7 Å². The molecule has 1 saturated carbocycles. The molecule has 0 radical (unpaired) electrons. The van der Waals surface area contributed by atoms with E-state index in [1.807, 2.05) is 6.07 Å². The number of amides is 1. The van der Waals surface area contributed by atoms with Crippen LogP contribution in [-0.2, 0) is 25.5 Å². The minimum Gasteiger partial charge on any atom is -0.490 e. The number of likely N-dealkylation sites (tertiary alicyclic amines) is 1. The third kappa shape index (κ3) is 9.39. The van der Waals surface area contributed by atoms with Gasteiger partial charge in [0.1, 0.15) is 5.75 Å². The van der Waals surface area contributed by atoms with E-state index in [4.69, 9.17) is 20.4 Å². The van der Waals surface area contributed by atoms with Crippen LogP contribution in [0.5, 0.6) is 5.75 Å². The molecular weight excluding hydrogens is 717 g/mol. The lowest BCUT2D eigenvalue weighted by Gasteiger charge is -2.36. The number of sulfonamides is 1. The predicted molar refractivity (Wildman–Crippen MR) is 166 cm³/mol. The lowest BCUT2D eigenvalue weighted by atomic mass is 9.99. The summed E-state index contributed by atoms with van der Waals surface area (Å²) in [6.07, 6.45) is 0.603. The van der Waals surface area contributed by atoms with Crippen molar-refractivity contribution in [1.82, 2.24) is 9.62 Å². The molecule has 0 aromatic heterocycles. The molecule has 256 valence electrons. The number of halogens is 6. The summed E-state index contributed by atoms with van der Waals surface area (Å²) in [5.74, 6) is -6.91. The summed E-state index contributed by atoms with van der Waals surface area (Å²) in [5, 5.41) is 8.48. The molecule has 1 amide bonds. The first-order chi connectivity index (χ1) is 22.0. The third-order valence-electron chi connectivity index (χ3n) is 7.82. The number of carboxylic acids is 1. The van der Waals surface area contributed by atoms with E-state index in [1.54, 1.807) is 18.2 Å². The van der Waals surface area contributed by atoms with Gasteiger partial charge >= 0.3 is 12.1 Å². The van der Waals surface area contributed by atoms with Crippen LogP contribution >= 0.6 is 15.9 Å². The Balaban J connectivity index is 0.000000644. The van der Waals surface area contributed by atoms with E-state index >= 15 is 8.78 Å². The Morgan fingerprint density at radius 1 is 0.936 bits per heavy atom. The Labute approximate surface area is 276 Å². The van der Waals surface area contributed by atoms with Crippen molar-refractivity contribution in [3.63, 3.8) is 0 Å². The summed E-state index contributed by atoms with van der Waals surface area (Å²) in [4.78, 5) is 23.4. The first-order valence-electron chi connectivity index (χ1n) is 14.7. The summed E-state index contributed by atoms with van der Waals surface area (Å²) in [5.41, 5.74) is 5.51. The van der Waals surface area contributed by atoms with E-state index in [2.05, 4.69) is 20.7 Å². The molecule has 0 unspecified atom stereocenters. The number of alkyl halides is 5. The predicted octanol–water partition coefficient (Wildman–Crippen LogP) is 5.95. The van der Waals surface area contributed by atoms with Crippen LogP contribution in [0.25, 0.3) is 10.8 Å².